The van der Waals surface area contributed by atoms with Gasteiger partial charge in [-0.3, -0.25) is 5.84 Å². The van der Waals surface area contributed by atoms with Gasteiger partial charge in [-0.25, -0.2) is 0 Å². The molecule has 0 rings (SSSR count). The summed E-state index contributed by atoms with van der Waals surface area (Å²) in [5.41, 5.74) is 0. The van der Waals surface area contributed by atoms with Crippen LogP contribution in [0.15, 0.2) is 0 Å². The zero-order valence-electron chi connectivity index (χ0n) is 4.35. The van der Waals surface area contributed by atoms with E-state index in [0.29, 0.717) is 18.3 Å². The van der Waals surface area contributed by atoms with Crippen LogP contribution in [0.2, 0.25) is 0 Å². The molecule has 0 aromatic heterocycles. The van der Waals surface area contributed by atoms with E-state index in [4.69, 9.17) is 5.84 Å². The van der Waals surface area contributed by atoms with Gasteiger partial charge in [0.05, 0.1) is 0 Å². The standard InChI is InChI=1S/C3H10N3O/c1-5-2-3-6(4)7/h5H,2-4H2,1H3/q-1. The molecule has 0 aliphatic carbocycles. The Morgan fingerprint density at radius 3 is 2.57 bits per heavy atom. The molecule has 4 heteroatoms. The van der Waals surface area contributed by atoms with Crippen LogP contribution in [0, 0.1) is 5.21 Å². The van der Waals surface area contributed by atoms with E-state index in [2.05, 4.69) is 5.32 Å². The van der Waals surface area contributed by atoms with Crippen molar-refractivity contribution in [3.05, 3.63) is 5.21 Å². The molecule has 0 aliphatic rings. The number of hydroxylamine groups is 1. The molecule has 7 heavy (non-hydrogen) atoms. The second-order valence-electron chi connectivity index (χ2n) is 1.24. The van der Waals surface area contributed by atoms with E-state index >= 15 is 0 Å². The fourth-order valence-electron chi connectivity index (χ4n) is 0.222. The Labute approximate surface area is 42.8 Å². The van der Waals surface area contributed by atoms with Crippen LogP contribution in [0.1, 0.15) is 0 Å². The van der Waals surface area contributed by atoms with Gasteiger partial charge in [-0.1, -0.05) is 0 Å². The first-order valence-corrected chi connectivity index (χ1v) is 2.11. The maximum atomic E-state index is 9.86. The van der Waals surface area contributed by atoms with Crippen LogP contribution in [0.25, 0.3) is 0 Å². The maximum Gasteiger partial charge on any atom is 0.0118 e. The lowest BCUT2D eigenvalue weighted by Crippen LogP contribution is -2.31. The van der Waals surface area contributed by atoms with Crippen LogP contribution in [0.5, 0.6) is 0 Å². The summed E-state index contributed by atoms with van der Waals surface area (Å²) in [6.07, 6.45) is 0. The molecule has 0 unspecified atom stereocenters. The van der Waals surface area contributed by atoms with Crippen LogP contribution < -0.4 is 11.2 Å². The van der Waals surface area contributed by atoms with Crippen LogP contribution >= 0.6 is 0 Å². The van der Waals surface area contributed by atoms with Gasteiger partial charge in [0.2, 0.25) is 0 Å². The Morgan fingerprint density at radius 1 is 1.86 bits per heavy atom. The van der Waals surface area contributed by atoms with Crippen molar-refractivity contribution >= 4 is 0 Å². The average Bonchev–Trinajstić information content (AvgIpc) is 1.61. The topological polar surface area (TPSA) is 64.3 Å². The average molecular weight is 104 g/mol. The summed E-state index contributed by atoms with van der Waals surface area (Å²) < 4.78 is 0. The molecule has 44 valence electrons. The fraction of sp³-hybridized carbons (Fsp3) is 1.00. The highest BCUT2D eigenvalue weighted by Gasteiger charge is 1.76. The summed E-state index contributed by atoms with van der Waals surface area (Å²) in [4.78, 5) is 0. The van der Waals surface area contributed by atoms with Crippen molar-refractivity contribution in [2.75, 3.05) is 20.1 Å². The van der Waals surface area contributed by atoms with Gasteiger partial charge in [0.1, 0.15) is 0 Å². The molecule has 4 nitrogen and oxygen atoms in total. The molecule has 0 aromatic carbocycles. The number of hydrazine groups is 1. The van der Waals surface area contributed by atoms with Gasteiger partial charge in [-0.15, -0.1) is 0 Å². The van der Waals surface area contributed by atoms with E-state index in [1.54, 1.807) is 7.05 Å². The van der Waals surface area contributed by atoms with Crippen molar-refractivity contribution in [3.63, 3.8) is 0 Å². The van der Waals surface area contributed by atoms with Crippen molar-refractivity contribution in [2.24, 2.45) is 5.84 Å². The van der Waals surface area contributed by atoms with Gasteiger partial charge in [0, 0.05) is 13.1 Å². The highest BCUT2D eigenvalue weighted by atomic mass is 16.5. The van der Waals surface area contributed by atoms with E-state index in [9.17, 15) is 5.21 Å². The molecule has 0 radical (unpaired) electrons. The minimum absolute atomic E-state index is 0.344. The van der Waals surface area contributed by atoms with Crippen molar-refractivity contribution in [1.29, 1.82) is 0 Å². The second-order valence-corrected chi connectivity index (χ2v) is 1.24. The lowest BCUT2D eigenvalue weighted by atomic mass is 10.6. The Bertz CT molecular complexity index is 39.2. The molecule has 0 amide bonds. The lowest BCUT2D eigenvalue weighted by Gasteiger charge is -2.19. The van der Waals surface area contributed by atoms with Crippen molar-refractivity contribution < 1.29 is 0 Å². The monoisotopic (exact) mass is 104 g/mol. The first kappa shape index (κ1) is 6.84. The molecule has 0 fully saturated rings. The summed E-state index contributed by atoms with van der Waals surface area (Å²) in [5.74, 6) is 4.72. The van der Waals surface area contributed by atoms with Crippen LogP contribution in [0.3, 0.4) is 0 Å². The molecule has 0 aliphatic heterocycles. The quantitative estimate of drug-likeness (QED) is 0.351. The highest BCUT2D eigenvalue weighted by Crippen LogP contribution is 1.64. The molecule has 3 N–H and O–H groups in total. The molecule has 0 spiro atoms. The third-order valence-corrected chi connectivity index (χ3v) is 0.582. The van der Waals surface area contributed by atoms with Gasteiger partial charge >= 0.3 is 0 Å². The molecule has 0 heterocycles. The number of rotatable bonds is 3. The summed E-state index contributed by atoms with van der Waals surface area (Å²) in [6.45, 7) is 0.983. The predicted octanol–water partition coefficient (Wildman–Crippen LogP) is -1.12. The largest absolute Gasteiger partial charge is 0.772 e. The summed E-state index contributed by atoms with van der Waals surface area (Å²) in [7, 11) is 1.77. The fourth-order valence-corrected chi connectivity index (χ4v) is 0.222. The Balaban J connectivity index is 2.68. The van der Waals surface area contributed by atoms with Crippen LogP contribution in [0.4, 0.5) is 0 Å². The van der Waals surface area contributed by atoms with Crippen LogP contribution in [-0.4, -0.2) is 25.3 Å². The van der Waals surface area contributed by atoms with E-state index < -0.39 is 0 Å². The number of likely N-dealkylation sites (N-methyl/N-ethyl adjacent to an activating group) is 1. The third kappa shape index (κ3) is 5.84. The summed E-state index contributed by atoms with van der Waals surface area (Å²) in [5, 5.41) is 13.0. The highest BCUT2D eigenvalue weighted by molar-refractivity contribution is 4.46. The Hall–Kier alpha value is -0.160. The van der Waals surface area contributed by atoms with Gasteiger partial charge in [-0.2, -0.15) is 0 Å². The van der Waals surface area contributed by atoms with Gasteiger partial charge < -0.3 is 15.7 Å². The second kappa shape index (κ2) is 4.01. The van der Waals surface area contributed by atoms with E-state index in [1.807, 2.05) is 0 Å². The molecule has 0 saturated heterocycles. The van der Waals surface area contributed by atoms with Crippen molar-refractivity contribution in [1.82, 2.24) is 10.5 Å². The van der Waals surface area contributed by atoms with E-state index in [1.165, 1.54) is 0 Å². The van der Waals surface area contributed by atoms with Gasteiger partial charge in [-0.05, 0) is 7.05 Å². The summed E-state index contributed by atoms with van der Waals surface area (Å²) in [6, 6.07) is 0. The molecular weight excluding hydrogens is 94.1 g/mol. The van der Waals surface area contributed by atoms with E-state index in [-0.39, 0.29) is 0 Å². The van der Waals surface area contributed by atoms with Gasteiger partial charge in [0.15, 0.2) is 0 Å². The SMILES string of the molecule is CNCCN(N)[O-]. The minimum Gasteiger partial charge on any atom is -0.772 e. The predicted molar refractivity (Wildman–Crippen MR) is 28.2 cm³/mol. The van der Waals surface area contributed by atoms with E-state index in [0.717, 1.165) is 0 Å². The number of nitrogens with two attached hydrogens (primary N) is 1. The third-order valence-electron chi connectivity index (χ3n) is 0.582. The zero-order chi connectivity index (χ0) is 5.70. The maximum absolute atomic E-state index is 9.86. The Kier molecular flexibility index (Phi) is 3.92. The van der Waals surface area contributed by atoms with Crippen LogP contribution in [-0.2, 0) is 0 Å². The number of hydrogen-bond acceptors (Lipinski definition) is 4. The Morgan fingerprint density at radius 2 is 2.43 bits per heavy atom. The van der Waals surface area contributed by atoms with Crippen molar-refractivity contribution in [3.8, 4) is 0 Å². The molecule has 0 saturated carbocycles. The smallest absolute Gasteiger partial charge is 0.0118 e. The van der Waals surface area contributed by atoms with Crippen molar-refractivity contribution in [2.45, 2.75) is 0 Å². The zero-order valence-corrected chi connectivity index (χ0v) is 4.35. The molecular formula is C3H10N3O-. The minimum atomic E-state index is 0.344. The number of nitrogens with zero attached hydrogens (tertiary/aromatic N) is 1. The lowest BCUT2D eigenvalue weighted by molar-refractivity contribution is 0.394. The summed E-state index contributed by atoms with van der Waals surface area (Å²) >= 11 is 0. The molecule has 0 atom stereocenters. The number of nitrogens with one attached hydrogen (secondary N) is 1. The number of hydrogen-bond donors (Lipinski definition) is 2. The first-order valence-electron chi connectivity index (χ1n) is 2.11. The first-order chi connectivity index (χ1) is 3.27. The van der Waals surface area contributed by atoms with Gasteiger partial charge in [0.25, 0.3) is 0 Å². The normalized spacial score (nSPS) is 10.3. The molecule has 0 aromatic rings. The molecule has 0 bridgehead atoms.